The van der Waals surface area contributed by atoms with E-state index in [1.807, 2.05) is 18.2 Å². The number of nitrogens with one attached hydrogen (secondary N) is 1. The maximum atomic E-state index is 8.98. The molecule has 0 saturated carbocycles. The van der Waals surface area contributed by atoms with Gasteiger partial charge in [0.05, 0.1) is 0 Å². The lowest BCUT2D eigenvalue weighted by Crippen LogP contribution is -2.32. The molecule has 1 aromatic rings. The van der Waals surface area contributed by atoms with Crippen molar-refractivity contribution in [3.8, 4) is 0 Å². The first-order valence-corrected chi connectivity index (χ1v) is 6.42. The minimum atomic E-state index is 0.113. The lowest BCUT2D eigenvalue weighted by Gasteiger charge is -2.26. The van der Waals surface area contributed by atoms with Crippen molar-refractivity contribution in [2.24, 2.45) is 5.41 Å². The van der Waals surface area contributed by atoms with Gasteiger partial charge in [0, 0.05) is 24.2 Å². The van der Waals surface area contributed by atoms with E-state index in [9.17, 15) is 0 Å². The summed E-state index contributed by atoms with van der Waals surface area (Å²) >= 11 is 5.97. The lowest BCUT2D eigenvalue weighted by molar-refractivity contribution is 0.204. The molecular weight excluding hydrogens is 234 g/mol. The number of benzene rings is 1. The van der Waals surface area contributed by atoms with Crippen LogP contribution in [0.1, 0.15) is 38.8 Å². The van der Waals surface area contributed by atoms with Crippen molar-refractivity contribution >= 4 is 11.6 Å². The first-order valence-electron chi connectivity index (χ1n) is 6.04. The van der Waals surface area contributed by atoms with Crippen molar-refractivity contribution in [1.29, 1.82) is 0 Å². The first kappa shape index (κ1) is 14.5. The van der Waals surface area contributed by atoms with E-state index in [1.54, 1.807) is 0 Å². The van der Waals surface area contributed by atoms with E-state index in [0.29, 0.717) is 0 Å². The van der Waals surface area contributed by atoms with Gasteiger partial charge in [0.1, 0.15) is 0 Å². The summed E-state index contributed by atoms with van der Waals surface area (Å²) in [5.74, 6) is 0. The maximum absolute atomic E-state index is 8.98. The fraction of sp³-hybridized carbons (Fsp3) is 0.571. The van der Waals surface area contributed by atoms with Gasteiger partial charge in [-0.05, 0) is 36.5 Å². The molecule has 0 bridgehead atoms. The van der Waals surface area contributed by atoms with Crippen molar-refractivity contribution in [3.05, 3.63) is 34.9 Å². The predicted octanol–water partition coefficient (Wildman–Crippen LogP) is 3.40. The molecule has 1 atom stereocenters. The average Bonchev–Trinajstić information content (AvgIpc) is 2.26. The number of hydrogen-bond donors (Lipinski definition) is 2. The van der Waals surface area contributed by atoms with Gasteiger partial charge in [-0.2, -0.15) is 0 Å². The number of hydrogen-bond acceptors (Lipinski definition) is 2. The van der Waals surface area contributed by atoms with Crippen LogP contribution in [0.3, 0.4) is 0 Å². The van der Waals surface area contributed by atoms with Crippen LogP contribution in [0.4, 0.5) is 0 Å². The average molecular weight is 256 g/mol. The quantitative estimate of drug-likeness (QED) is 0.817. The summed E-state index contributed by atoms with van der Waals surface area (Å²) in [6, 6.07) is 8.18. The molecule has 0 aromatic heterocycles. The number of halogens is 1. The van der Waals surface area contributed by atoms with Gasteiger partial charge in [-0.25, -0.2) is 0 Å². The van der Waals surface area contributed by atoms with E-state index in [-0.39, 0.29) is 18.1 Å². The van der Waals surface area contributed by atoms with Crippen LogP contribution in [-0.4, -0.2) is 18.3 Å². The molecule has 0 amide bonds. The monoisotopic (exact) mass is 255 g/mol. The zero-order valence-electron chi connectivity index (χ0n) is 10.8. The molecule has 0 radical (unpaired) electrons. The van der Waals surface area contributed by atoms with Crippen LogP contribution in [0.25, 0.3) is 0 Å². The van der Waals surface area contributed by atoms with E-state index in [1.165, 1.54) is 5.56 Å². The molecule has 0 heterocycles. The second-order valence-electron chi connectivity index (χ2n) is 5.30. The standard InChI is InChI=1S/C14H22ClNO/c1-11(12-5-4-6-13(15)9-12)16-10-14(2,3)7-8-17/h4-6,9,11,16-17H,7-8,10H2,1-3H3. The largest absolute Gasteiger partial charge is 0.396 e. The summed E-state index contributed by atoms with van der Waals surface area (Å²) in [6.45, 7) is 7.55. The van der Waals surface area contributed by atoms with Gasteiger partial charge in [0.15, 0.2) is 0 Å². The topological polar surface area (TPSA) is 32.3 Å². The van der Waals surface area contributed by atoms with Crippen molar-refractivity contribution in [2.45, 2.75) is 33.2 Å². The summed E-state index contributed by atoms with van der Waals surface area (Å²) in [4.78, 5) is 0. The van der Waals surface area contributed by atoms with Crippen molar-refractivity contribution < 1.29 is 5.11 Å². The van der Waals surface area contributed by atoms with Crippen LogP contribution in [0.5, 0.6) is 0 Å². The SMILES string of the molecule is CC(NCC(C)(C)CCO)c1cccc(Cl)c1. The summed E-state index contributed by atoms with van der Waals surface area (Å²) in [5.41, 5.74) is 1.30. The van der Waals surface area contributed by atoms with Crippen LogP contribution in [0, 0.1) is 5.41 Å². The summed E-state index contributed by atoms with van der Waals surface area (Å²) in [5, 5.41) is 13.2. The van der Waals surface area contributed by atoms with E-state index >= 15 is 0 Å². The fourth-order valence-corrected chi connectivity index (χ4v) is 1.91. The molecule has 1 aromatic carbocycles. The van der Waals surface area contributed by atoms with Crippen LogP contribution in [-0.2, 0) is 0 Å². The third kappa shape index (κ3) is 5.07. The van der Waals surface area contributed by atoms with Crippen molar-refractivity contribution in [3.63, 3.8) is 0 Å². The Morgan fingerprint density at radius 2 is 2.12 bits per heavy atom. The molecule has 0 aliphatic rings. The molecule has 0 spiro atoms. The minimum absolute atomic E-state index is 0.113. The molecule has 0 aliphatic carbocycles. The number of aliphatic hydroxyl groups is 1. The Morgan fingerprint density at radius 1 is 1.41 bits per heavy atom. The normalized spacial score (nSPS) is 13.7. The van der Waals surface area contributed by atoms with Gasteiger partial charge < -0.3 is 10.4 Å². The Hall–Kier alpha value is -0.570. The molecule has 17 heavy (non-hydrogen) atoms. The Morgan fingerprint density at radius 3 is 2.71 bits per heavy atom. The zero-order chi connectivity index (χ0) is 12.9. The van der Waals surface area contributed by atoms with Gasteiger partial charge in [0.2, 0.25) is 0 Å². The van der Waals surface area contributed by atoms with Crippen LogP contribution in [0.15, 0.2) is 24.3 Å². The zero-order valence-corrected chi connectivity index (χ0v) is 11.6. The minimum Gasteiger partial charge on any atom is -0.396 e. The summed E-state index contributed by atoms with van der Waals surface area (Å²) in [7, 11) is 0. The van der Waals surface area contributed by atoms with E-state index in [0.717, 1.165) is 18.0 Å². The summed E-state index contributed by atoms with van der Waals surface area (Å²) in [6.07, 6.45) is 0.808. The molecule has 0 fully saturated rings. The second-order valence-corrected chi connectivity index (χ2v) is 5.73. The number of aliphatic hydroxyl groups excluding tert-OH is 1. The van der Waals surface area contributed by atoms with E-state index in [4.69, 9.17) is 16.7 Å². The van der Waals surface area contributed by atoms with Crippen LogP contribution < -0.4 is 5.32 Å². The predicted molar refractivity (Wildman–Crippen MR) is 73.4 cm³/mol. The van der Waals surface area contributed by atoms with Crippen molar-refractivity contribution in [2.75, 3.05) is 13.2 Å². The second kappa shape index (κ2) is 6.39. The van der Waals surface area contributed by atoms with E-state index < -0.39 is 0 Å². The molecule has 0 aliphatic heterocycles. The lowest BCUT2D eigenvalue weighted by atomic mass is 9.89. The highest BCUT2D eigenvalue weighted by molar-refractivity contribution is 6.30. The smallest absolute Gasteiger partial charge is 0.0436 e. The van der Waals surface area contributed by atoms with Crippen molar-refractivity contribution in [1.82, 2.24) is 5.32 Å². The highest BCUT2D eigenvalue weighted by Gasteiger charge is 2.18. The molecule has 1 rings (SSSR count). The van der Waals surface area contributed by atoms with Crippen LogP contribution in [0.2, 0.25) is 5.02 Å². The van der Waals surface area contributed by atoms with Gasteiger partial charge in [-0.1, -0.05) is 37.6 Å². The Bertz CT molecular complexity index is 352. The van der Waals surface area contributed by atoms with Gasteiger partial charge >= 0.3 is 0 Å². The fourth-order valence-electron chi connectivity index (χ4n) is 1.71. The van der Waals surface area contributed by atoms with Crippen LogP contribution >= 0.6 is 11.6 Å². The Kier molecular flexibility index (Phi) is 5.44. The third-order valence-electron chi connectivity index (χ3n) is 3.02. The Balaban J connectivity index is 2.52. The number of rotatable bonds is 6. The van der Waals surface area contributed by atoms with E-state index in [2.05, 4.69) is 32.2 Å². The van der Waals surface area contributed by atoms with Gasteiger partial charge in [-0.15, -0.1) is 0 Å². The maximum Gasteiger partial charge on any atom is 0.0436 e. The Labute approximate surface area is 109 Å². The molecule has 0 saturated heterocycles. The molecular formula is C14H22ClNO. The third-order valence-corrected chi connectivity index (χ3v) is 3.26. The van der Waals surface area contributed by atoms with Gasteiger partial charge in [0.25, 0.3) is 0 Å². The molecule has 96 valence electrons. The highest BCUT2D eigenvalue weighted by atomic mass is 35.5. The highest BCUT2D eigenvalue weighted by Crippen LogP contribution is 2.22. The van der Waals surface area contributed by atoms with Gasteiger partial charge in [-0.3, -0.25) is 0 Å². The molecule has 3 heteroatoms. The first-order chi connectivity index (χ1) is 7.94. The molecule has 2 N–H and O–H groups in total. The summed E-state index contributed by atoms with van der Waals surface area (Å²) < 4.78 is 0. The molecule has 1 unspecified atom stereocenters. The molecule has 2 nitrogen and oxygen atoms in total.